The van der Waals surface area contributed by atoms with E-state index in [9.17, 15) is 10.1 Å². The van der Waals surface area contributed by atoms with Crippen LogP contribution >= 0.6 is 11.3 Å². The summed E-state index contributed by atoms with van der Waals surface area (Å²) < 4.78 is 10.6. The topological polar surface area (TPSA) is 85.3 Å². The Morgan fingerprint density at radius 2 is 2.14 bits per heavy atom. The normalized spacial score (nSPS) is 10.0. The van der Waals surface area contributed by atoms with E-state index in [1.54, 1.807) is 6.92 Å². The molecule has 0 saturated heterocycles. The molecule has 2 N–H and O–H groups in total. The molecule has 22 heavy (non-hydrogen) atoms. The molecule has 0 bridgehead atoms. The number of hydrogen-bond donors (Lipinski definition) is 1. The van der Waals surface area contributed by atoms with Crippen molar-refractivity contribution >= 4 is 23.0 Å². The van der Waals surface area contributed by atoms with Crippen molar-refractivity contribution in [3.05, 3.63) is 45.8 Å². The van der Waals surface area contributed by atoms with Crippen molar-refractivity contribution < 1.29 is 14.3 Å². The summed E-state index contributed by atoms with van der Waals surface area (Å²) in [5.41, 5.74) is 8.25. The Morgan fingerprint density at radius 1 is 1.41 bits per heavy atom. The number of hydrogen-bond acceptors (Lipinski definition) is 6. The van der Waals surface area contributed by atoms with Crippen molar-refractivity contribution in [2.45, 2.75) is 20.5 Å². The molecule has 1 aromatic carbocycles. The number of carbonyl (C=O) groups excluding carboxylic acids is 1. The van der Waals surface area contributed by atoms with E-state index in [0.717, 1.165) is 22.5 Å². The van der Waals surface area contributed by atoms with E-state index < -0.39 is 5.97 Å². The van der Waals surface area contributed by atoms with E-state index in [2.05, 4.69) is 0 Å². The molecule has 6 heteroatoms. The standard InChI is InChI=1S/C16H16N2O3S/c1-3-20-15(19)14-13(18)12(8-17)16(22-14)21-9-11-7-5-4-6-10(11)2/h4-7H,3,9,18H2,1-2H3. The van der Waals surface area contributed by atoms with Crippen LogP contribution in [0.5, 0.6) is 5.06 Å². The minimum Gasteiger partial charge on any atom is -0.478 e. The number of nitriles is 1. The van der Waals surface area contributed by atoms with Crippen molar-refractivity contribution in [3.63, 3.8) is 0 Å². The molecule has 0 aliphatic rings. The Morgan fingerprint density at radius 3 is 2.77 bits per heavy atom. The highest BCUT2D eigenvalue weighted by molar-refractivity contribution is 7.16. The number of nitrogen functional groups attached to an aromatic ring is 1. The number of nitrogens with zero attached hydrogens (tertiary/aromatic N) is 1. The lowest BCUT2D eigenvalue weighted by molar-refractivity contribution is 0.0533. The third kappa shape index (κ3) is 3.21. The molecule has 0 radical (unpaired) electrons. The lowest BCUT2D eigenvalue weighted by Gasteiger charge is -2.06. The van der Waals surface area contributed by atoms with Gasteiger partial charge in [0, 0.05) is 0 Å². The summed E-state index contributed by atoms with van der Waals surface area (Å²) in [6.07, 6.45) is 0. The van der Waals surface area contributed by atoms with Crippen molar-refractivity contribution in [3.8, 4) is 11.1 Å². The van der Waals surface area contributed by atoms with E-state index in [1.165, 1.54) is 0 Å². The molecular formula is C16H16N2O3S. The molecule has 0 saturated carbocycles. The Balaban J connectivity index is 2.24. The van der Waals surface area contributed by atoms with Crippen LogP contribution in [0.15, 0.2) is 24.3 Å². The molecule has 1 heterocycles. The van der Waals surface area contributed by atoms with Crippen LogP contribution in [0.4, 0.5) is 5.69 Å². The monoisotopic (exact) mass is 316 g/mol. The van der Waals surface area contributed by atoms with E-state index in [1.807, 2.05) is 37.3 Å². The molecule has 2 rings (SSSR count). The summed E-state index contributed by atoms with van der Waals surface area (Å²) in [7, 11) is 0. The van der Waals surface area contributed by atoms with Crippen LogP contribution in [0, 0.1) is 18.3 Å². The highest BCUT2D eigenvalue weighted by Gasteiger charge is 2.23. The van der Waals surface area contributed by atoms with Crippen LogP contribution in [0.2, 0.25) is 0 Å². The first-order chi connectivity index (χ1) is 10.6. The molecule has 0 amide bonds. The number of thiophene rings is 1. The maximum Gasteiger partial charge on any atom is 0.350 e. The van der Waals surface area contributed by atoms with Gasteiger partial charge in [-0.2, -0.15) is 5.26 Å². The second kappa shape index (κ2) is 6.96. The fraction of sp³-hybridized carbons (Fsp3) is 0.250. The number of ether oxygens (including phenoxy) is 2. The number of esters is 1. The fourth-order valence-electron chi connectivity index (χ4n) is 1.89. The number of rotatable bonds is 5. The molecule has 1 aromatic heterocycles. The summed E-state index contributed by atoms with van der Waals surface area (Å²) in [5, 5.41) is 9.56. The second-order valence-corrected chi connectivity index (χ2v) is 5.54. The first-order valence-electron chi connectivity index (χ1n) is 6.75. The third-order valence-corrected chi connectivity index (χ3v) is 4.20. The average molecular weight is 316 g/mol. The summed E-state index contributed by atoms with van der Waals surface area (Å²) in [5.74, 6) is -0.535. The van der Waals surface area contributed by atoms with Gasteiger partial charge in [-0.1, -0.05) is 35.6 Å². The predicted molar refractivity (Wildman–Crippen MR) is 84.9 cm³/mol. The van der Waals surface area contributed by atoms with Crippen molar-refractivity contribution in [2.75, 3.05) is 12.3 Å². The smallest absolute Gasteiger partial charge is 0.350 e. The van der Waals surface area contributed by atoms with Gasteiger partial charge in [0.25, 0.3) is 0 Å². The SMILES string of the molecule is CCOC(=O)c1sc(OCc2ccccc2C)c(C#N)c1N. The van der Waals surface area contributed by atoms with Gasteiger partial charge in [-0.25, -0.2) is 4.79 Å². The molecular weight excluding hydrogens is 300 g/mol. The number of carbonyl (C=O) groups is 1. The second-order valence-electron chi connectivity index (χ2n) is 4.55. The maximum atomic E-state index is 11.8. The van der Waals surface area contributed by atoms with Crippen LogP contribution in [0.3, 0.4) is 0 Å². The molecule has 0 unspecified atom stereocenters. The minimum atomic E-state index is -0.535. The maximum absolute atomic E-state index is 11.8. The van der Waals surface area contributed by atoms with Gasteiger partial charge in [0.2, 0.25) is 0 Å². The first kappa shape index (κ1) is 15.9. The van der Waals surface area contributed by atoms with Crippen LogP contribution in [0.25, 0.3) is 0 Å². The Labute approximate surface area is 132 Å². The van der Waals surface area contributed by atoms with Crippen LogP contribution < -0.4 is 10.5 Å². The Hall–Kier alpha value is -2.52. The number of aryl methyl sites for hydroxylation is 1. The van der Waals surface area contributed by atoms with Gasteiger partial charge in [0.05, 0.1) is 12.3 Å². The van der Waals surface area contributed by atoms with Gasteiger partial charge in [0.15, 0.2) is 5.06 Å². The predicted octanol–water partition coefficient (Wildman–Crippen LogP) is 3.27. The number of anilines is 1. The van der Waals surface area contributed by atoms with E-state index >= 15 is 0 Å². The number of benzene rings is 1. The van der Waals surface area contributed by atoms with E-state index in [4.69, 9.17) is 15.2 Å². The molecule has 0 spiro atoms. The zero-order valence-electron chi connectivity index (χ0n) is 12.4. The van der Waals surface area contributed by atoms with Crippen molar-refractivity contribution in [2.24, 2.45) is 0 Å². The zero-order valence-corrected chi connectivity index (χ0v) is 13.2. The largest absolute Gasteiger partial charge is 0.478 e. The van der Waals surface area contributed by atoms with Crippen LogP contribution in [0.1, 0.15) is 33.3 Å². The summed E-state index contributed by atoms with van der Waals surface area (Å²) in [4.78, 5) is 12.0. The molecule has 2 aromatic rings. The molecule has 5 nitrogen and oxygen atoms in total. The van der Waals surface area contributed by atoms with Gasteiger partial charge in [-0.05, 0) is 25.0 Å². The highest BCUT2D eigenvalue weighted by atomic mass is 32.1. The van der Waals surface area contributed by atoms with E-state index in [-0.39, 0.29) is 22.7 Å². The number of nitrogens with two attached hydrogens (primary N) is 1. The fourth-order valence-corrected chi connectivity index (χ4v) is 2.81. The molecule has 0 fully saturated rings. The van der Waals surface area contributed by atoms with Crippen molar-refractivity contribution in [1.82, 2.24) is 0 Å². The summed E-state index contributed by atoms with van der Waals surface area (Å²) in [6, 6.07) is 9.78. The lowest BCUT2D eigenvalue weighted by atomic mass is 10.1. The van der Waals surface area contributed by atoms with Gasteiger partial charge in [-0.3, -0.25) is 0 Å². The molecule has 0 atom stereocenters. The van der Waals surface area contributed by atoms with Gasteiger partial charge in [-0.15, -0.1) is 0 Å². The van der Waals surface area contributed by atoms with Crippen molar-refractivity contribution in [1.29, 1.82) is 5.26 Å². The molecule has 114 valence electrons. The van der Waals surface area contributed by atoms with Crippen LogP contribution in [-0.2, 0) is 11.3 Å². The van der Waals surface area contributed by atoms with Crippen LogP contribution in [-0.4, -0.2) is 12.6 Å². The average Bonchev–Trinajstić information content (AvgIpc) is 2.82. The molecule has 0 aliphatic heterocycles. The molecule has 0 aliphatic carbocycles. The summed E-state index contributed by atoms with van der Waals surface area (Å²) in [6.45, 7) is 4.25. The Kier molecular flexibility index (Phi) is 5.02. The van der Waals surface area contributed by atoms with E-state index in [0.29, 0.717) is 11.7 Å². The lowest BCUT2D eigenvalue weighted by Crippen LogP contribution is -2.05. The summed E-state index contributed by atoms with van der Waals surface area (Å²) >= 11 is 1.04. The van der Waals surface area contributed by atoms with Gasteiger partial charge < -0.3 is 15.2 Å². The minimum absolute atomic E-state index is 0.116. The van der Waals surface area contributed by atoms with Gasteiger partial charge in [0.1, 0.15) is 23.1 Å². The third-order valence-electron chi connectivity index (χ3n) is 3.11. The quantitative estimate of drug-likeness (QED) is 0.856. The zero-order chi connectivity index (χ0) is 16.1. The van der Waals surface area contributed by atoms with Gasteiger partial charge >= 0.3 is 5.97 Å². The highest BCUT2D eigenvalue weighted by Crippen LogP contribution is 2.38. The Bertz CT molecular complexity index is 731. The first-order valence-corrected chi connectivity index (χ1v) is 7.56.